The SMILES string of the molecule is Cc1ccc(Cl)cc1NC(=O)C(=O)N/N=C\c1ccccc1OCc1ccccc1. The van der Waals surface area contributed by atoms with Crippen molar-refractivity contribution in [1.29, 1.82) is 0 Å². The summed E-state index contributed by atoms with van der Waals surface area (Å²) in [4.78, 5) is 24.1. The van der Waals surface area contributed by atoms with Crippen LogP contribution in [0.1, 0.15) is 16.7 Å². The van der Waals surface area contributed by atoms with E-state index < -0.39 is 11.8 Å². The Morgan fingerprint density at radius 3 is 2.53 bits per heavy atom. The minimum absolute atomic E-state index is 0.402. The van der Waals surface area contributed by atoms with Crippen LogP contribution in [0.2, 0.25) is 5.02 Å². The van der Waals surface area contributed by atoms with E-state index in [4.69, 9.17) is 16.3 Å². The number of halogens is 1. The molecule has 3 rings (SSSR count). The van der Waals surface area contributed by atoms with Crippen molar-refractivity contribution in [3.05, 3.63) is 94.5 Å². The van der Waals surface area contributed by atoms with Gasteiger partial charge in [-0.3, -0.25) is 9.59 Å². The number of nitrogens with zero attached hydrogens (tertiary/aromatic N) is 1. The van der Waals surface area contributed by atoms with Crippen LogP contribution >= 0.6 is 11.6 Å². The lowest BCUT2D eigenvalue weighted by Crippen LogP contribution is -2.32. The summed E-state index contributed by atoms with van der Waals surface area (Å²) in [5, 5.41) is 6.84. The fraction of sp³-hybridized carbons (Fsp3) is 0.0870. The molecule has 0 heterocycles. The predicted octanol–water partition coefficient (Wildman–Crippen LogP) is 4.32. The van der Waals surface area contributed by atoms with Gasteiger partial charge in [0.05, 0.1) is 6.21 Å². The fourth-order valence-electron chi connectivity index (χ4n) is 2.57. The van der Waals surface area contributed by atoms with E-state index in [1.807, 2.05) is 42.5 Å². The van der Waals surface area contributed by atoms with E-state index in [-0.39, 0.29) is 0 Å². The van der Waals surface area contributed by atoms with Gasteiger partial charge < -0.3 is 10.1 Å². The van der Waals surface area contributed by atoms with Crippen LogP contribution in [-0.4, -0.2) is 18.0 Å². The average Bonchev–Trinajstić information content (AvgIpc) is 2.76. The van der Waals surface area contributed by atoms with E-state index in [0.29, 0.717) is 28.6 Å². The zero-order valence-electron chi connectivity index (χ0n) is 16.3. The molecule has 152 valence electrons. The van der Waals surface area contributed by atoms with Crippen molar-refractivity contribution in [3.8, 4) is 5.75 Å². The van der Waals surface area contributed by atoms with E-state index in [1.165, 1.54) is 6.21 Å². The van der Waals surface area contributed by atoms with Gasteiger partial charge in [-0.1, -0.05) is 60.1 Å². The van der Waals surface area contributed by atoms with Gasteiger partial charge in [-0.15, -0.1) is 0 Å². The first-order chi connectivity index (χ1) is 14.5. The van der Waals surface area contributed by atoms with Gasteiger partial charge in [-0.2, -0.15) is 5.10 Å². The van der Waals surface area contributed by atoms with Gasteiger partial charge in [0.25, 0.3) is 0 Å². The standard InChI is InChI=1S/C23H20ClN3O3/c1-16-11-12-19(24)13-20(16)26-22(28)23(29)27-25-14-18-9-5-6-10-21(18)30-15-17-7-3-2-4-8-17/h2-14H,15H2,1H3,(H,26,28)(H,27,29)/b25-14-. The number of hydrogen-bond donors (Lipinski definition) is 2. The highest BCUT2D eigenvalue weighted by molar-refractivity contribution is 6.40. The third kappa shape index (κ3) is 5.93. The number of benzene rings is 3. The summed E-state index contributed by atoms with van der Waals surface area (Å²) >= 11 is 5.92. The van der Waals surface area contributed by atoms with E-state index >= 15 is 0 Å². The van der Waals surface area contributed by atoms with Crippen LogP contribution in [0.4, 0.5) is 5.69 Å². The molecule has 0 saturated heterocycles. The number of amides is 2. The minimum Gasteiger partial charge on any atom is -0.488 e. The van der Waals surface area contributed by atoms with Gasteiger partial charge in [0.2, 0.25) is 0 Å². The molecule has 0 atom stereocenters. The van der Waals surface area contributed by atoms with Gasteiger partial charge in [0.15, 0.2) is 0 Å². The largest absolute Gasteiger partial charge is 0.488 e. The molecule has 6 nitrogen and oxygen atoms in total. The van der Waals surface area contributed by atoms with Crippen LogP contribution in [-0.2, 0) is 16.2 Å². The number of nitrogens with one attached hydrogen (secondary N) is 2. The van der Waals surface area contributed by atoms with Gasteiger partial charge in [-0.05, 0) is 42.3 Å². The molecule has 3 aromatic rings. The van der Waals surface area contributed by atoms with Crippen molar-refractivity contribution in [2.75, 3.05) is 5.32 Å². The normalized spacial score (nSPS) is 10.6. The molecule has 0 saturated carbocycles. The average molecular weight is 422 g/mol. The monoisotopic (exact) mass is 421 g/mol. The maximum atomic E-state index is 12.1. The Balaban J connectivity index is 1.58. The van der Waals surface area contributed by atoms with Crippen molar-refractivity contribution in [2.45, 2.75) is 13.5 Å². The smallest absolute Gasteiger partial charge is 0.329 e. The van der Waals surface area contributed by atoms with E-state index in [1.54, 1.807) is 37.3 Å². The molecule has 0 bridgehead atoms. The van der Waals surface area contributed by atoms with Crippen molar-refractivity contribution < 1.29 is 14.3 Å². The molecule has 0 unspecified atom stereocenters. The van der Waals surface area contributed by atoms with Crippen LogP contribution in [0.25, 0.3) is 0 Å². The summed E-state index contributed by atoms with van der Waals surface area (Å²) in [6.07, 6.45) is 1.43. The number of carbonyl (C=O) groups is 2. The Labute approximate surface area is 179 Å². The zero-order valence-corrected chi connectivity index (χ0v) is 17.0. The number of para-hydroxylation sites is 1. The van der Waals surface area contributed by atoms with Crippen LogP contribution in [0, 0.1) is 6.92 Å². The number of hydrogen-bond acceptors (Lipinski definition) is 4. The maximum absolute atomic E-state index is 12.1. The molecular weight excluding hydrogens is 402 g/mol. The van der Waals surface area contributed by atoms with Gasteiger partial charge in [0.1, 0.15) is 12.4 Å². The summed E-state index contributed by atoms with van der Waals surface area (Å²) in [6, 6.07) is 22.1. The van der Waals surface area contributed by atoms with Crippen molar-refractivity contribution in [1.82, 2.24) is 5.43 Å². The third-order valence-electron chi connectivity index (χ3n) is 4.18. The quantitative estimate of drug-likeness (QED) is 0.353. The lowest BCUT2D eigenvalue weighted by molar-refractivity contribution is -0.136. The molecule has 0 aromatic heterocycles. The minimum atomic E-state index is -0.895. The molecule has 0 radical (unpaired) electrons. The number of aryl methyl sites for hydroxylation is 1. The predicted molar refractivity (Wildman–Crippen MR) is 118 cm³/mol. The Hall–Kier alpha value is -3.64. The molecular formula is C23H20ClN3O3. The molecule has 2 N–H and O–H groups in total. The Bertz CT molecular complexity index is 1070. The first kappa shape index (κ1) is 21.1. The number of anilines is 1. The molecule has 0 aliphatic carbocycles. The lowest BCUT2D eigenvalue weighted by atomic mass is 10.2. The van der Waals surface area contributed by atoms with Crippen LogP contribution in [0.3, 0.4) is 0 Å². The van der Waals surface area contributed by atoms with E-state index in [0.717, 1.165) is 11.1 Å². The molecule has 30 heavy (non-hydrogen) atoms. The van der Waals surface area contributed by atoms with Crippen LogP contribution < -0.4 is 15.5 Å². The first-order valence-corrected chi connectivity index (χ1v) is 9.57. The number of hydrazone groups is 1. The van der Waals surface area contributed by atoms with E-state index in [2.05, 4.69) is 15.8 Å². The number of ether oxygens (including phenoxy) is 1. The highest BCUT2D eigenvalue weighted by Gasteiger charge is 2.14. The van der Waals surface area contributed by atoms with Crippen LogP contribution in [0.5, 0.6) is 5.75 Å². The highest BCUT2D eigenvalue weighted by atomic mass is 35.5. The van der Waals surface area contributed by atoms with Gasteiger partial charge >= 0.3 is 11.8 Å². The second kappa shape index (κ2) is 10.2. The van der Waals surface area contributed by atoms with Crippen molar-refractivity contribution in [3.63, 3.8) is 0 Å². The Morgan fingerprint density at radius 1 is 1.00 bits per heavy atom. The van der Waals surface area contributed by atoms with Crippen molar-refractivity contribution >= 4 is 35.3 Å². The summed E-state index contributed by atoms with van der Waals surface area (Å²) in [5.74, 6) is -1.13. The molecule has 0 aliphatic heterocycles. The first-order valence-electron chi connectivity index (χ1n) is 9.19. The Kier molecular flexibility index (Phi) is 7.19. The molecule has 0 spiro atoms. The summed E-state index contributed by atoms with van der Waals surface area (Å²) in [6.45, 7) is 2.20. The highest BCUT2D eigenvalue weighted by Crippen LogP contribution is 2.20. The van der Waals surface area contributed by atoms with Crippen LogP contribution in [0.15, 0.2) is 77.9 Å². The topological polar surface area (TPSA) is 79.8 Å². The number of carbonyl (C=O) groups excluding carboxylic acids is 2. The molecule has 0 aliphatic rings. The fourth-order valence-corrected chi connectivity index (χ4v) is 2.75. The molecule has 0 fully saturated rings. The zero-order chi connectivity index (χ0) is 21.3. The number of rotatable bonds is 6. The Morgan fingerprint density at radius 2 is 1.73 bits per heavy atom. The van der Waals surface area contributed by atoms with Gasteiger partial charge in [-0.25, -0.2) is 5.43 Å². The molecule has 7 heteroatoms. The molecule has 3 aromatic carbocycles. The summed E-state index contributed by atoms with van der Waals surface area (Å²) < 4.78 is 5.84. The van der Waals surface area contributed by atoms with E-state index in [9.17, 15) is 9.59 Å². The maximum Gasteiger partial charge on any atom is 0.329 e. The summed E-state index contributed by atoms with van der Waals surface area (Å²) in [5.41, 5.74) is 5.17. The van der Waals surface area contributed by atoms with Gasteiger partial charge in [0, 0.05) is 16.3 Å². The second-order valence-corrected chi connectivity index (χ2v) is 6.86. The third-order valence-corrected chi connectivity index (χ3v) is 4.42. The second-order valence-electron chi connectivity index (χ2n) is 6.42. The summed E-state index contributed by atoms with van der Waals surface area (Å²) in [7, 11) is 0. The lowest BCUT2D eigenvalue weighted by Gasteiger charge is -2.09. The molecule has 2 amide bonds. The van der Waals surface area contributed by atoms with Crippen molar-refractivity contribution in [2.24, 2.45) is 5.10 Å².